The second-order valence-electron chi connectivity index (χ2n) is 7.51. The van der Waals surface area contributed by atoms with Gasteiger partial charge in [0.1, 0.15) is 11.4 Å². The number of non-ortho nitro benzene ring substituents is 1. The molecule has 0 spiro atoms. The molecule has 0 saturated heterocycles. The van der Waals surface area contributed by atoms with E-state index in [0.29, 0.717) is 16.9 Å². The number of hydrogen-bond acceptors (Lipinski definition) is 8. The van der Waals surface area contributed by atoms with Gasteiger partial charge in [-0.05, 0) is 42.9 Å². The molecular weight excluding hydrogens is 406 g/mol. The molecule has 0 N–H and O–H groups in total. The van der Waals surface area contributed by atoms with Gasteiger partial charge in [0.15, 0.2) is 0 Å². The fraction of sp³-hybridized carbons (Fsp3) is 0.300. The Morgan fingerprint density at radius 3 is 2.87 bits per heavy atom. The van der Waals surface area contributed by atoms with E-state index in [1.54, 1.807) is 23.5 Å². The normalized spacial score (nSPS) is 16.0. The van der Waals surface area contributed by atoms with E-state index in [1.807, 2.05) is 0 Å². The third kappa shape index (κ3) is 3.18. The number of nitro benzene ring substituents is 1. The highest BCUT2D eigenvalue weighted by Crippen LogP contribution is 2.35. The zero-order valence-electron chi connectivity index (χ0n) is 16.1. The Kier molecular flexibility index (Phi) is 4.43. The van der Waals surface area contributed by atoms with Crippen molar-refractivity contribution in [3.63, 3.8) is 0 Å². The van der Waals surface area contributed by atoms with Crippen LogP contribution in [0.1, 0.15) is 29.7 Å². The maximum Gasteiger partial charge on any atom is 0.269 e. The van der Waals surface area contributed by atoms with E-state index in [2.05, 4.69) is 22.1 Å². The summed E-state index contributed by atoms with van der Waals surface area (Å²) in [5.41, 5.74) is 1.60. The maximum absolute atomic E-state index is 13.1. The molecule has 1 aromatic carbocycles. The molecule has 0 fully saturated rings. The first-order chi connectivity index (χ1) is 14.5. The Labute approximate surface area is 174 Å². The van der Waals surface area contributed by atoms with Crippen molar-refractivity contribution >= 4 is 27.2 Å². The lowest BCUT2D eigenvalue weighted by atomic mass is 9.89. The zero-order valence-corrected chi connectivity index (χ0v) is 16.9. The molecule has 1 atom stereocenters. The van der Waals surface area contributed by atoms with Crippen LogP contribution >= 0.6 is 11.3 Å². The van der Waals surface area contributed by atoms with E-state index in [1.165, 1.54) is 27.9 Å². The highest BCUT2D eigenvalue weighted by atomic mass is 32.1. The van der Waals surface area contributed by atoms with Crippen molar-refractivity contribution < 1.29 is 9.34 Å². The molecule has 0 amide bonds. The van der Waals surface area contributed by atoms with E-state index in [0.717, 1.165) is 29.7 Å². The average molecular weight is 423 g/mol. The summed E-state index contributed by atoms with van der Waals surface area (Å²) in [6, 6.07) is 5.85. The third-order valence-electron chi connectivity index (χ3n) is 5.38. The van der Waals surface area contributed by atoms with Crippen molar-refractivity contribution in [2.75, 3.05) is 0 Å². The van der Waals surface area contributed by atoms with Gasteiger partial charge in [0.25, 0.3) is 11.2 Å². The Morgan fingerprint density at radius 1 is 1.30 bits per heavy atom. The van der Waals surface area contributed by atoms with Crippen LogP contribution < -0.4 is 5.56 Å². The van der Waals surface area contributed by atoms with Crippen molar-refractivity contribution in [3.8, 4) is 11.5 Å². The Morgan fingerprint density at radius 2 is 2.10 bits per heavy atom. The highest BCUT2D eigenvalue weighted by molar-refractivity contribution is 7.18. The van der Waals surface area contributed by atoms with Gasteiger partial charge in [-0.15, -0.1) is 21.5 Å². The van der Waals surface area contributed by atoms with Gasteiger partial charge in [-0.2, -0.15) is 0 Å². The summed E-state index contributed by atoms with van der Waals surface area (Å²) in [5, 5.41) is 19.5. The lowest BCUT2D eigenvalue weighted by Gasteiger charge is -2.17. The zero-order chi connectivity index (χ0) is 20.8. The van der Waals surface area contributed by atoms with Gasteiger partial charge in [-0.3, -0.25) is 19.5 Å². The minimum Gasteiger partial charge on any atom is -0.419 e. The number of thiophene rings is 1. The minimum atomic E-state index is -0.470. The number of benzene rings is 1. The summed E-state index contributed by atoms with van der Waals surface area (Å²) < 4.78 is 7.16. The van der Waals surface area contributed by atoms with E-state index >= 15 is 0 Å². The van der Waals surface area contributed by atoms with Crippen molar-refractivity contribution in [2.45, 2.75) is 32.7 Å². The molecule has 9 nitrogen and oxygen atoms in total. The fourth-order valence-corrected chi connectivity index (χ4v) is 5.13. The van der Waals surface area contributed by atoms with Crippen LogP contribution in [0.25, 0.3) is 21.7 Å². The molecule has 0 saturated carbocycles. The van der Waals surface area contributed by atoms with Gasteiger partial charge < -0.3 is 4.42 Å². The number of fused-ring (bicyclic) bond motifs is 3. The number of nitro groups is 1. The van der Waals surface area contributed by atoms with Crippen molar-refractivity contribution in [3.05, 3.63) is 67.4 Å². The molecule has 1 aliphatic carbocycles. The number of aromatic nitrogens is 4. The molecule has 3 heterocycles. The van der Waals surface area contributed by atoms with Crippen LogP contribution in [0.2, 0.25) is 0 Å². The monoisotopic (exact) mass is 423 g/mol. The molecule has 152 valence electrons. The summed E-state index contributed by atoms with van der Waals surface area (Å²) in [6.45, 7) is 2.35. The van der Waals surface area contributed by atoms with Crippen LogP contribution in [-0.4, -0.2) is 24.7 Å². The summed E-state index contributed by atoms with van der Waals surface area (Å²) in [5.74, 6) is 1.14. The molecular formula is C20H17N5O4S. The topological polar surface area (TPSA) is 117 Å². The quantitative estimate of drug-likeness (QED) is 0.364. The molecule has 4 aromatic rings. The van der Waals surface area contributed by atoms with E-state index < -0.39 is 4.92 Å². The second-order valence-corrected chi connectivity index (χ2v) is 8.60. The number of hydrogen-bond donors (Lipinski definition) is 0. The van der Waals surface area contributed by atoms with Crippen LogP contribution in [0, 0.1) is 16.0 Å². The molecule has 5 rings (SSSR count). The molecule has 10 heteroatoms. The number of rotatable bonds is 4. The predicted octanol–water partition coefficient (Wildman–Crippen LogP) is 3.59. The molecule has 1 unspecified atom stereocenters. The lowest BCUT2D eigenvalue weighted by Crippen LogP contribution is -2.22. The van der Waals surface area contributed by atoms with Gasteiger partial charge in [-0.1, -0.05) is 6.92 Å². The van der Waals surface area contributed by atoms with Gasteiger partial charge in [0.2, 0.25) is 11.8 Å². The van der Waals surface area contributed by atoms with E-state index in [4.69, 9.17) is 4.42 Å². The van der Waals surface area contributed by atoms with Gasteiger partial charge in [-0.25, -0.2) is 4.98 Å². The van der Waals surface area contributed by atoms with Crippen molar-refractivity contribution in [1.29, 1.82) is 0 Å². The van der Waals surface area contributed by atoms with Crippen LogP contribution in [-0.2, 0) is 19.4 Å². The largest absolute Gasteiger partial charge is 0.419 e. The molecule has 0 radical (unpaired) electrons. The number of aryl methyl sites for hydroxylation is 1. The summed E-state index contributed by atoms with van der Waals surface area (Å²) in [4.78, 5) is 30.0. The maximum atomic E-state index is 13.1. The van der Waals surface area contributed by atoms with Crippen LogP contribution in [0.15, 0.2) is 39.8 Å². The first kappa shape index (κ1) is 18.6. The van der Waals surface area contributed by atoms with Crippen molar-refractivity contribution in [1.82, 2.24) is 19.7 Å². The summed E-state index contributed by atoms with van der Waals surface area (Å²) in [7, 11) is 0. The fourth-order valence-electron chi connectivity index (χ4n) is 3.78. The summed E-state index contributed by atoms with van der Waals surface area (Å²) in [6.07, 6.45) is 4.50. The molecule has 0 bridgehead atoms. The standard InChI is InChI=1S/C20H17N5O4S/c1-11-2-7-14-15(8-11)30-19-17(14)20(26)24(10-21-19)9-16-22-23-18(29-16)12-3-5-13(6-4-12)25(27)28/h3-6,10-11H,2,7-9H2,1H3. The van der Waals surface area contributed by atoms with Gasteiger partial charge in [0, 0.05) is 22.6 Å². The average Bonchev–Trinajstić information content (AvgIpc) is 3.34. The SMILES string of the molecule is CC1CCc2c(sc3ncn(Cc4nnc(-c5ccc([N+](=O)[O-])cc5)o4)c(=O)c23)C1. The first-order valence-corrected chi connectivity index (χ1v) is 10.4. The molecule has 1 aliphatic rings. The van der Waals surface area contributed by atoms with Crippen LogP contribution in [0.4, 0.5) is 5.69 Å². The minimum absolute atomic E-state index is 0.0158. The second kappa shape index (κ2) is 7.13. The first-order valence-electron chi connectivity index (χ1n) is 9.56. The van der Waals surface area contributed by atoms with E-state index in [9.17, 15) is 14.9 Å². The summed E-state index contributed by atoms with van der Waals surface area (Å²) >= 11 is 1.61. The Bertz CT molecular complexity index is 1320. The smallest absolute Gasteiger partial charge is 0.269 e. The number of nitrogens with zero attached hydrogens (tertiary/aromatic N) is 5. The molecule has 30 heavy (non-hydrogen) atoms. The van der Waals surface area contributed by atoms with Crippen LogP contribution in [0.5, 0.6) is 0 Å². The Hall–Kier alpha value is -3.40. The van der Waals surface area contributed by atoms with Gasteiger partial charge in [0.05, 0.1) is 16.6 Å². The lowest BCUT2D eigenvalue weighted by molar-refractivity contribution is -0.384. The molecule has 0 aliphatic heterocycles. The third-order valence-corrected chi connectivity index (χ3v) is 6.54. The van der Waals surface area contributed by atoms with Gasteiger partial charge >= 0.3 is 0 Å². The van der Waals surface area contributed by atoms with Crippen LogP contribution in [0.3, 0.4) is 0 Å². The predicted molar refractivity (Wildman–Crippen MR) is 111 cm³/mol. The van der Waals surface area contributed by atoms with E-state index in [-0.39, 0.29) is 29.6 Å². The van der Waals surface area contributed by atoms with Crippen molar-refractivity contribution in [2.24, 2.45) is 5.92 Å². The Balaban J connectivity index is 1.44. The molecule has 3 aromatic heterocycles. The highest BCUT2D eigenvalue weighted by Gasteiger charge is 2.23.